The molecule has 226 valence electrons. The number of benzene rings is 6. The molecule has 0 aliphatic carbocycles. The fourth-order valence-electron chi connectivity index (χ4n) is 6.84. The van der Waals surface area contributed by atoms with Gasteiger partial charge in [0.1, 0.15) is 0 Å². The molecule has 0 saturated heterocycles. The molecule has 0 amide bonds. The molecule has 3 aromatic heterocycles. The van der Waals surface area contributed by atoms with Crippen molar-refractivity contribution in [1.82, 2.24) is 14.5 Å². The van der Waals surface area contributed by atoms with Crippen LogP contribution in [0.25, 0.3) is 61.3 Å². The van der Waals surface area contributed by atoms with Gasteiger partial charge in [0.15, 0.2) is 22.7 Å². The van der Waals surface area contributed by atoms with E-state index in [2.05, 4.69) is 112 Å². The molecule has 0 N–H and O–H groups in total. The molecule has 1 aliphatic rings. The topological polar surface area (TPSA) is 56.3 Å². The molecule has 9 aromatic rings. The molecule has 0 unspecified atom stereocenters. The molecule has 48 heavy (non-hydrogen) atoms. The number of aromatic nitrogens is 3. The van der Waals surface area contributed by atoms with Gasteiger partial charge in [-0.3, -0.25) is 0 Å². The summed E-state index contributed by atoms with van der Waals surface area (Å²) >= 11 is 0. The fourth-order valence-corrected chi connectivity index (χ4v) is 6.84. The molecule has 0 spiro atoms. The van der Waals surface area contributed by atoms with E-state index in [-0.39, 0.29) is 0 Å². The van der Waals surface area contributed by atoms with Crippen molar-refractivity contribution in [2.45, 2.75) is 0 Å². The third-order valence-corrected chi connectivity index (χ3v) is 9.09. The van der Waals surface area contributed by atoms with Crippen LogP contribution in [0.3, 0.4) is 0 Å². The van der Waals surface area contributed by atoms with E-state index in [0.717, 1.165) is 50.9 Å². The van der Waals surface area contributed by atoms with Crippen molar-refractivity contribution in [1.29, 1.82) is 0 Å². The molecule has 10 rings (SSSR count). The van der Waals surface area contributed by atoms with E-state index in [1.54, 1.807) is 0 Å². The fraction of sp³-hybridized carbons (Fsp3) is 0. The third-order valence-electron chi connectivity index (χ3n) is 9.09. The lowest BCUT2D eigenvalue weighted by atomic mass is 10.1. The Labute approximate surface area is 275 Å². The van der Waals surface area contributed by atoms with Crippen molar-refractivity contribution in [3.8, 4) is 39.8 Å². The minimum Gasteiger partial charge on any atom is -0.453 e. The second-order valence-electron chi connectivity index (χ2n) is 11.9. The summed E-state index contributed by atoms with van der Waals surface area (Å²) in [4.78, 5) is 11.6. The van der Waals surface area contributed by atoms with Crippen molar-refractivity contribution in [3.05, 3.63) is 158 Å². The molecular weight excluding hydrogens is 592 g/mol. The van der Waals surface area contributed by atoms with Crippen molar-refractivity contribution in [2.24, 2.45) is 0 Å². The number of anilines is 3. The highest BCUT2D eigenvalue weighted by molar-refractivity contribution is 6.09. The van der Waals surface area contributed by atoms with Gasteiger partial charge in [0.2, 0.25) is 5.89 Å². The maximum Gasteiger partial charge on any atom is 0.228 e. The van der Waals surface area contributed by atoms with Crippen LogP contribution in [-0.2, 0) is 0 Å². The van der Waals surface area contributed by atoms with Crippen molar-refractivity contribution in [3.63, 3.8) is 0 Å². The Balaban J connectivity index is 0.963. The Morgan fingerprint density at radius 3 is 1.73 bits per heavy atom. The highest BCUT2D eigenvalue weighted by Gasteiger charge is 2.25. The monoisotopic (exact) mass is 618 g/mol. The molecule has 6 aromatic carbocycles. The minimum atomic E-state index is 0.533. The van der Waals surface area contributed by atoms with Crippen LogP contribution in [0.1, 0.15) is 0 Å². The standard InChI is InChI=1S/C42H26N4O2/c1-3-11-34-32(9-1)33-10-2-4-12-35(33)45(34)30-21-17-27(18-22-30)29-25-40-41(43-26-29)44-42(48-40)28-19-23-31(24-20-28)46-36-13-5-7-15-38(36)47-39-16-8-6-14-37(39)46/h1-26H. The lowest BCUT2D eigenvalue weighted by Gasteiger charge is -2.32. The minimum absolute atomic E-state index is 0.533. The normalized spacial score (nSPS) is 12.3. The SMILES string of the molecule is c1ccc2c(c1)Oc1ccccc1N2c1ccc(-c2nc3ncc(-c4ccc(-n5c6ccccc6c6ccccc65)cc4)cc3o2)cc1. The average molecular weight is 619 g/mol. The number of hydrogen-bond donors (Lipinski definition) is 0. The Morgan fingerprint density at radius 2 is 1.06 bits per heavy atom. The number of para-hydroxylation sites is 6. The smallest absolute Gasteiger partial charge is 0.228 e. The van der Waals surface area contributed by atoms with E-state index in [0.29, 0.717) is 17.1 Å². The molecule has 6 nitrogen and oxygen atoms in total. The average Bonchev–Trinajstić information content (AvgIpc) is 3.73. The molecular formula is C42H26N4O2. The summed E-state index contributed by atoms with van der Waals surface area (Å²) in [6.07, 6.45) is 1.86. The number of hydrogen-bond acceptors (Lipinski definition) is 5. The summed E-state index contributed by atoms with van der Waals surface area (Å²) in [5.74, 6) is 2.18. The molecule has 6 heteroatoms. The van der Waals surface area contributed by atoms with Gasteiger partial charge in [-0.05, 0) is 84.4 Å². The van der Waals surface area contributed by atoms with E-state index in [1.807, 2.05) is 60.8 Å². The van der Waals surface area contributed by atoms with Crippen LogP contribution in [0.15, 0.2) is 162 Å². The van der Waals surface area contributed by atoms with Gasteiger partial charge >= 0.3 is 0 Å². The molecule has 0 saturated carbocycles. The Bertz CT molecular complexity index is 2550. The number of pyridine rings is 1. The van der Waals surface area contributed by atoms with Crippen LogP contribution in [-0.4, -0.2) is 14.5 Å². The summed E-state index contributed by atoms with van der Waals surface area (Å²) in [7, 11) is 0. The van der Waals surface area contributed by atoms with Crippen LogP contribution in [0.5, 0.6) is 11.5 Å². The van der Waals surface area contributed by atoms with Crippen molar-refractivity contribution >= 4 is 50.1 Å². The summed E-state index contributed by atoms with van der Waals surface area (Å²) < 4.78 is 14.8. The predicted octanol–water partition coefficient (Wildman–Crippen LogP) is 11.2. The lowest BCUT2D eigenvalue weighted by Crippen LogP contribution is -2.15. The largest absolute Gasteiger partial charge is 0.453 e. The van der Waals surface area contributed by atoms with Gasteiger partial charge in [-0.2, -0.15) is 4.98 Å². The Kier molecular flexibility index (Phi) is 5.77. The molecule has 1 aliphatic heterocycles. The van der Waals surface area contributed by atoms with Gasteiger partial charge in [-0.1, -0.05) is 72.8 Å². The van der Waals surface area contributed by atoms with Gasteiger partial charge in [-0.15, -0.1) is 0 Å². The van der Waals surface area contributed by atoms with Gasteiger partial charge < -0.3 is 18.6 Å². The van der Waals surface area contributed by atoms with E-state index >= 15 is 0 Å². The first kappa shape index (κ1) is 26.5. The second-order valence-corrected chi connectivity index (χ2v) is 11.9. The number of nitrogens with zero attached hydrogens (tertiary/aromatic N) is 4. The number of rotatable bonds is 4. The summed E-state index contributed by atoms with van der Waals surface area (Å²) in [5.41, 5.74) is 10.6. The van der Waals surface area contributed by atoms with Gasteiger partial charge in [0.05, 0.1) is 22.4 Å². The predicted molar refractivity (Wildman–Crippen MR) is 192 cm³/mol. The van der Waals surface area contributed by atoms with Crippen LogP contribution in [0.2, 0.25) is 0 Å². The van der Waals surface area contributed by atoms with Gasteiger partial charge in [-0.25, -0.2) is 4.98 Å². The van der Waals surface area contributed by atoms with Gasteiger partial charge in [0.25, 0.3) is 0 Å². The first-order chi connectivity index (χ1) is 23.8. The van der Waals surface area contributed by atoms with Crippen molar-refractivity contribution in [2.75, 3.05) is 4.90 Å². The van der Waals surface area contributed by atoms with Crippen LogP contribution >= 0.6 is 0 Å². The molecule has 4 heterocycles. The molecule has 0 bridgehead atoms. The molecule has 0 fully saturated rings. The summed E-state index contributed by atoms with van der Waals surface area (Å²) in [5, 5.41) is 2.50. The van der Waals surface area contributed by atoms with Crippen LogP contribution < -0.4 is 9.64 Å². The van der Waals surface area contributed by atoms with E-state index in [4.69, 9.17) is 14.1 Å². The third kappa shape index (κ3) is 4.13. The van der Waals surface area contributed by atoms with E-state index in [1.165, 1.54) is 21.8 Å². The first-order valence-corrected chi connectivity index (χ1v) is 15.9. The van der Waals surface area contributed by atoms with Crippen LogP contribution in [0, 0.1) is 0 Å². The summed E-state index contributed by atoms with van der Waals surface area (Å²) in [6.45, 7) is 0. The molecule has 0 radical (unpaired) electrons. The van der Waals surface area contributed by atoms with Crippen LogP contribution in [0.4, 0.5) is 17.1 Å². The zero-order chi connectivity index (χ0) is 31.6. The summed E-state index contributed by atoms with van der Waals surface area (Å²) in [6, 6.07) is 52.1. The first-order valence-electron chi connectivity index (χ1n) is 15.9. The number of fused-ring (bicyclic) bond motifs is 6. The maximum atomic E-state index is 6.28. The Hall–Kier alpha value is -6.66. The zero-order valence-corrected chi connectivity index (χ0v) is 25.6. The highest BCUT2D eigenvalue weighted by atomic mass is 16.5. The number of oxazole rings is 1. The highest BCUT2D eigenvalue weighted by Crippen LogP contribution is 2.50. The van der Waals surface area contributed by atoms with E-state index < -0.39 is 0 Å². The van der Waals surface area contributed by atoms with Gasteiger partial charge in [0, 0.05) is 39.5 Å². The molecule has 0 atom stereocenters. The Morgan fingerprint density at radius 1 is 0.500 bits per heavy atom. The van der Waals surface area contributed by atoms with Crippen molar-refractivity contribution < 1.29 is 9.15 Å². The van der Waals surface area contributed by atoms with E-state index in [9.17, 15) is 0 Å². The maximum absolute atomic E-state index is 6.28. The number of ether oxygens (including phenoxy) is 1. The lowest BCUT2D eigenvalue weighted by molar-refractivity contribution is 0.477. The second kappa shape index (κ2) is 10.4. The zero-order valence-electron chi connectivity index (χ0n) is 25.6. The quantitative estimate of drug-likeness (QED) is 0.196.